The van der Waals surface area contributed by atoms with E-state index in [2.05, 4.69) is 29.8 Å². The number of nitrogens with two attached hydrogens (primary N) is 1. The highest BCUT2D eigenvalue weighted by Crippen LogP contribution is 2.57. The number of nitrogens with one attached hydrogen (secondary N) is 3. The summed E-state index contributed by atoms with van der Waals surface area (Å²) < 4.78 is 0. The van der Waals surface area contributed by atoms with E-state index in [4.69, 9.17) is 5.73 Å². The second-order valence-corrected chi connectivity index (χ2v) is 14.4. The average Bonchev–Trinajstić information content (AvgIpc) is 3.05. The van der Waals surface area contributed by atoms with Crippen LogP contribution in [0.25, 0.3) is 0 Å². The molecule has 5 N–H and O–H groups in total. The number of Topliss-reactive ketones (excluding diaryl/α,β-unsaturated/α-hetero) is 1. The number of amides is 5. The summed E-state index contributed by atoms with van der Waals surface area (Å²) in [5.74, 6) is -2.33. The van der Waals surface area contributed by atoms with Crippen molar-refractivity contribution in [3.05, 3.63) is 0 Å². The van der Waals surface area contributed by atoms with Crippen LogP contribution >= 0.6 is 0 Å². The minimum atomic E-state index is -1.07. The van der Waals surface area contributed by atoms with E-state index in [1.54, 1.807) is 4.90 Å². The van der Waals surface area contributed by atoms with Crippen LogP contribution in [0.3, 0.4) is 0 Å². The van der Waals surface area contributed by atoms with E-state index in [0.29, 0.717) is 13.0 Å². The van der Waals surface area contributed by atoms with Crippen LogP contribution in [0.4, 0.5) is 4.79 Å². The van der Waals surface area contributed by atoms with Gasteiger partial charge in [0.25, 0.3) is 5.91 Å². The summed E-state index contributed by atoms with van der Waals surface area (Å²) >= 11 is 0. The van der Waals surface area contributed by atoms with Gasteiger partial charge in [0.15, 0.2) is 0 Å². The minimum Gasteiger partial charge on any atom is -0.363 e. The fraction of sp³-hybridized carbons (Fsp3) is 0.821. The lowest BCUT2D eigenvalue weighted by atomic mass is 9.55. The highest BCUT2D eigenvalue weighted by Gasteiger charge is 2.61. The zero-order valence-corrected chi connectivity index (χ0v) is 24.3. The largest absolute Gasteiger partial charge is 0.363 e. The summed E-state index contributed by atoms with van der Waals surface area (Å²) in [6.07, 6.45) is 4.08. The lowest BCUT2D eigenvalue weighted by Crippen LogP contribution is -2.62. The van der Waals surface area contributed by atoms with Gasteiger partial charge in [-0.25, -0.2) is 4.79 Å². The van der Waals surface area contributed by atoms with Crippen molar-refractivity contribution >= 4 is 29.5 Å². The third-order valence-corrected chi connectivity index (χ3v) is 8.52. The van der Waals surface area contributed by atoms with Crippen molar-refractivity contribution in [2.24, 2.45) is 34.3 Å². The van der Waals surface area contributed by atoms with Crippen LogP contribution in [0.15, 0.2) is 0 Å². The molecule has 2 aliphatic carbocycles. The molecule has 214 valence electrons. The minimum absolute atomic E-state index is 0.0408. The number of hydrogen-bond donors (Lipinski definition) is 4. The van der Waals surface area contributed by atoms with Gasteiger partial charge in [0.05, 0.1) is 6.04 Å². The Bertz CT molecular complexity index is 975. The summed E-state index contributed by atoms with van der Waals surface area (Å²) in [6, 6.07) is -3.12. The van der Waals surface area contributed by atoms with Crippen molar-refractivity contribution < 1.29 is 24.0 Å². The first-order valence-corrected chi connectivity index (χ1v) is 13.8. The number of likely N-dealkylation sites (tertiary alicyclic amines) is 1. The highest BCUT2D eigenvalue weighted by atomic mass is 16.2. The molecule has 3 aliphatic rings. The molecule has 10 nitrogen and oxygen atoms in total. The SMILES string of the molecule is CC(C)(C)NC(=O)N[C@H](C(=O)N1C[C@H]2[C@H](CC2(C)C)[C@H]1C(=O)NC(CC1CCC1)C(=O)C(N)=O)C(C)(C)C. The molecular formula is C28H47N5O5. The Morgan fingerprint density at radius 2 is 1.61 bits per heavy atom. The van der Waals surface area contributed by atoms with Crippen LogP contribution < -0.4 is 21.7 Å². The van der Waals surface area contributed by atoms with Gasteiger partial charge in [-0.05, 0) is 62.2 Å². The number of primary amides is 1. The summed E-state index contributed by atoms with van der Waals surface area (Å²) in [5.41, 5.74) is 4.14. The Morgan fingerprint density at radius 1 is 1.00 bits per heavy atom. The smallest absolute Gasteiger partial charge is 0.315 e. The molecule has 3 fully saturated rings. The van der Waals surface area contributed by atoms with Crippen LogP contribution in [0.2, 0.25) is 0 Å². The summed E-state index contributed by atoms with van der Waals surface area (Å²) in [7, 11) is 0. The van der Waals surface area contributed by atoms with Gasteiger partial charge in [0.1, 0.15) is 12.1 Å². The number of carbonyl (C=O) groups excluding carboxylic acids is 5. The zero-order chi connectivity index (χ0) is 28.8. The van der Waals surface area contributed by atoms with Gasteiger partial charge in [-0.3, -0.25) is 19.2 Å². The molecule has 10 heteroatoms. The number of hydrogen-bond acceptors (Lipinski definition) is 5. The molecule has 0 aromatic carbocycles. The van der Waals surface area contributed by atoms with Gasteiger partial charge in [-0.2, -0.15) is 0 Å². The Kier molecular flexibility index (Phi) is 8.25. The molecule has 1 heterocycles. The van der Waals surface area contributed by atoms with Gasteiger partial charge in [0.2, 0.25) is 17.6 Å². The van der Waals surface area contributed by atoms with Gasteiger partial charge >= 0.3 is 6.03 Å². The number of fused-ring (bicyclic) bond motifs is 1. The molecule has 1 saturated heterocycles. The maximum Gasteiger partial charge on any atom is 0.315 e. The van der Waals surface area contributed by atoms with E-state index in [-0.39, 0.29) is 29.1 Å². The highest BCUT2D eigenvalue weighted by molar-refractivity contribution is 6.37. The lowest BCUT2D eigenvalue weighted by Gasteiger charge is -2.48. The van der Waals surface area contributed by atoms with E-state index in [9.17, 15) is 24.0 Å². The Hall–Kier alpha value is -2.65. The number of carbonyl (C=O) groups is 5. The Labute approximate surface area is 226 Å². The van der Waals surface area contributed by atoms with Crippen LogP contribution in [-0.4, -0.2) is 64.6 Å². The molecule has 0 aromatic rings. The molecule has 0 aromatic heterocycles. The second kappa shape index (κ2) is 10.5. The van der Waals surface area contributed by atoms with E-state index in [1.165, 1.54) is 0 Å². The van der Waals surface area contributed by atoms with E-state index < -0.39 is 52.7 Å². The van der Waals surface area contributed by atoms with Crippen LogP contribution in [0.5, 0.6) is 0 Å². The zero-order valence-electron chi connectivity index (χ0n) is 24.3. The topological polar surface area (TPSA) is 151 Å². The molecule has 1 aliphatic heterocycles. The first-order chi connectivity index (χ1) is 17.3. The van der Waals surface area contributed by atoms with Crippen molar-refractivity contribution in [1.82, 2.24) is 20.9 Å². The molecular weight excluding hydrogens is 486 g/mol. The Balaban J connectivity index is 1.86. The first-order valence-electron chi connectivity index (χ1n) is 13.8. The van der Waals surface area contributed by atoms with Gasteiger partial charge in [-0.15, -0.1) is 0 Å². The van der Waals surface area contributed by atoms with Crippen LogP contribution in [-0.2, 0) is 19.2 Å². The predicted octanol–water partition coefficient (Wildman–Crippen LogP) is 2.10. The molecule has 1 unspecified atom stereocenters. The normalized spacial score (nSPS) is 26.2. The van der Waals surface area contributed by atoms with Crippen molar-refractivity contribution in [2.75, 3.05) is 6.54 Å². The van der Waals surface area contributed by atoms with Crippen molar-refractivity contribution in [1.29, 1.82) is 0 Å². The van der Waals surface area contributed by atoms with Crippen molar-refractivity contribution in [2.45, 2.75) is 111 Å². The molecule has 38 heavy (non-hydrogen) atoms. The number of ketones is 1. The summed E-state index contributed by atoms with van der Waals surface area (Å²) in [6.45, 7) is 15.8. The molecule has 0 bridgehead atoms. The second-order valence-electron chi connectivity index (χ2n) is 14.4. The molecule has 3 rings (SSSR count). The third kappa shape index (κ3) is 6.49. The van der Waals surface area contributed by atoms with Crippen molar-refractivity contribution in [3.63, 3.8) is 0 Å². The number of rotatable bonds is 8. The molecule has 5 atom stereocenters. The standard InChI is InChI=1S/C28H47N5O5/c1-26(2,3)21(31-25(38)32-27(4,5)6)24(37)33-14-17-16(13-28(17,7)8)19(33)23(36)30-18(20(34)22(29)35)12-15-10-9-11-15/h15-19,21H,9-14H2,1-8H3,(H2,29,35)(H,30,36)(H2,31,32,38)/t16-,17-,18?,19-,21+/m0/s1. The van der Waals surface area contributed by atoms with E-state index in [1.807, 2.05) is 41.5 Å². The van der Waals surface area contributed by atoms with E-state index >= 15 is 0 Å². The average molecular weight is 534 g/mol. The fourth-order valence-electron chi connectivity index (χ4n) is 6.20. The first kappa shape index (κ1) is 29.9. The maximum atomic E-state index is 14.1. The monoisotopic (exact) mass is 533 g/mol. The maximum absolute atomic E-state index is 14.1. The predicted molar refractivity (Wildman–Crippen MR) is 144 cm³/mol. The quantitative estimate of drug-likeness (QED) is 0.352. The summed E-state index contributed by atoms with van der Waals surface area (Å²) in [5, 5.41) is 8.49. The number of nitrogens with zero attached hydrogens (tertiary/aromatic N) is 1. The molecule has 5 amide bonds. The van der Waals surface area contributed by atoms with Gasteiger partial charge in [-0.1, -0.05) is 53.9 Å². The van der Waals surface area contributed by atoms with Gasteiger partial charge < -0.3 is 26.6 Å². The Morgan fingerprint density at radius 3 is 2.05 bits per heavy atom. The van der Waals surface area contributed by atoms with Crippen molar-refractivity contribution in [3.8, 4) is 0 Å². The van der Waals surface area contributed by atoms with Crippen LogP contribution in [0, 0.1) is 28.6 Å². The molecule has 2 saturated carbocycles. The van der Waals surface area contributed by atoms with Crippen LogP contribution in [0.1, 0.15) is 87.5 Å². The van der Waals surface area contributed by atoms with E-state index in [0.717, 1.165) is 25.7 Å². The lowest BCUT2D eigenvalue weighted by molar-refractivity contribution is -0.144. The third-order valence-electron chi connectivity index (χ3n) is 8.52. The molecule has 0 radical (unpaired) electrons. The fourth-order valence-corrected chi connectivity index (χ4v) is 6.20. The number of urea groups is 1. The molecule has 0 spiro atoms. The summed E-state index contributed by atoms with van der Waals surface area (Å²) in [4.78, 5) is 66.5. The van der Waals surface area contributed by atoms with Gasteiger partial charge in [0, 0.05) is 12.1 Å².